The quantitative estimate of drug-likeness (QED) is 0.583. The highest BCUT2D eigenvalue weighted by molar-refractivity contribution is 5.79. The van der Waals surface area contributed by atoms with Crippen LogP contribution >= 0.6 is 0 Å². The highest BCUT2D eigenvalue weighted by Gasteiger charge is 2.16. The van der Waals surface area contributed by atoms with Crippen LogP contribution in [0, 0.1) is 0 Å². The van der Waals surface area contributed by atoms with Crippen molar-refractivity contribution in [1.29, 1.82) is 0 Å². The highest BCUT2D eigenvalue weighted by atomic mass is 16.5. The van der Waals surface area contributed by atoms with Crippen molar-refractivity contribution in [2.24, 2.45) is 4.99 Å². The number of hydrogen-bond donors (Lipinski definition) is 2. The molecule has 0 amide bonds. The van der Waals surface area contributed by atoms with E-state index in [1.165, 1.54) is 0 Å². The lowest BCUT2D eigenvalue weighted by Crippen LogP contribution is -2.45. The van der Waals surface area contributed by atoms with Crippen LogP contribution in [0.3, 0.4) is 0 Å². The van der Waals surface area contributed by atoms with E-state index >= 15 is 0 Å². The number of nitrogens with zero attached hydrogens (tertiary/aromatic N) is 3. The van der Waals surface area contributed by atoms with E-state index in [1.807, 2.05) is 27.7 Å². The standard InChI is InChI=1S/C14H27N5O2/c1-10(2)12-18-11(21-19-12)7-8-16-13(15-5)17-9-14(3,4)20-6/h10H,7-9H2,1-6H3,(H2,15,16,17). The summed E-state index contributed by atoms with van der Waals surface area (Å²) in [6, 6.07) is 0. The SMILES string of the molecule is CN=C(NCCc1nc(C(C)C)no1)NCC(C)(C)OC. The molecule has 2 N–H and O–H groups in total. The molecule has 0 radical (unpaired) electrons. The molecule has 1 aromatic rings. The van der Waals surface area contributed by atoms with E-state index in [4.69, 9.17) is 9.26 Å². The summed E-state index contributed by atoms with van der Waals surface area (Å²) in [6.45, 7) is 9.44. The maximum absolute atomic E-state index is 5.35. The van der Waals surface area contributed by atoms with Gasteiger partial charge < -0.3 is 19.9 Å². The molecule has 0 saturated heterocycles. The van der Waals surface area contributed by atoms with Crippen molar-refractivity contribution in [3.8, 4) is 0 Å². The first-order valence-electron chi connectivity index (χ1n) is 7.20. The van der Waals surface area contributed by atoms with Gasteiger partial charge in [0.2, 0.25) is 5.89 Å². The summed E-state index contributed by atoms with van der Waals surface area (Å²) >= 11 is 0. The number of aromatic nitrogens is 2. The monoisotopic (exact) mass is 297 g/mol. The zero-order valence-corrected chi connectivity index (χ0v) is 13.9. The number of aliphatic imine (C=N–C) groups is 1. The molecule has 0 atom stereocenters. The molecule has 0 spiro atoms. The second-order valence-electron chi connectivity index (χ2n) is 5.77. The summed E-state index contributed by atoms with van der Waals surface area (Å²) in [5.74, 6) is 2.39. The molecule has 120 valence electrons. The zero-order chi connectivity index (χ0) is 15.9. The van der Waals surface area contributed by atoms with E-state index in [1.54, 1.807) is 14.2 Å². The van der Waals surface area contributed by atoms with Crippen LogP contribution < -0.4 is 10.6 Å². The number of methoxy groups -OCH3 is 1. The van der Waals surface area contributed by atoms with Gasteiger partial charge in [-0.1, -0.05) is 19.0 Å². The van der Waals surface area contributed by atoms with Crippen molar-refractivity contribution in [3.63, 3.8) is 0 Å². The van der Waals surface area contributed by atoms with Crippen LogP contribution in [0.5, 0.6) is 0 Å². The molecule has 0 aliphatic carbocycles. The Balaban J connectivity index is 2.35. The summed E-state index contributed by atoms with van der Waals surface area (Å²) in [7, 11) is 3.43. The Morgan fingerprint density at radius 2 is 2.10 bits per heavy atom. The van der Waals surface area contributed by atoms with Gasteiger partial charge in [0, 0.05) is 39.6 Å². The molecule has 0 aliphatic heterocycles. The number of rotatable bonds is 7. The van der Waals surface area contributed by atoms with E-state index in [0.29, 0.717) is 25.4 Å². The van der Waals surface area contributed by atoms with Gasteiger partial charge in [-0.3, -0.25) is 4.99 Å². The molecule has 0 bridgehead atoms. The summed E-state index contributed by atoms with van der Waals surface area (Å²) in [6.07, 6.45) is 0.661. The lowest BCUT2D eigenvalue weighted by atomic mass is 10.1. The number of ether oxygens (including phenoxy) is 1. The van der Waals surface area contributed by atoms with Crippen LogP contribution in [0.2, 0.25) is 0 Å². The van der Waals surface area contributed by atoms with Gasteiger partial charge in [-0.05, 0) is 13.8 Å². The first-order valence-corrected chi connectivity index (χ1v) is 7.20. The molecular weight excluding hydrogens is 270 g/mol. The van der Waals surface area contributed by atoms with E-state index in [-0.39, 0.29) is 11.5 Å². The lowest BCUT2D eigenvalue weighted by molar-refractivity contribution is 0.0268. The Morgan fingerprint density at radius 1 is 1.38 bits per heavy atom. The van der Waals surface area contributed by atoms with Crippen molar-refractivity contribution < 1.29 is 9.26 Å². The Labute approximate surface area is 126 Å². The van der Waals surface area contributed by atoms with E-state index in [0.717, 1.165) is 11.8 Å². The van der Waals surface area contributed by atoms with Crippen LogP contribution in [0.25, 0.3) is 0 Å². The first-order chi connectivity index (χ1) is 9.88. The van der Waals surface area contributed by atoms with Crippen molar-refractivity contribution in [3.05, 3.63) is 11.7 Å². The van der Waals surface area contributed by atoms with Crippen LogP contribution in [0.4, 0.5) is 0 Å². The third-order valence-corrected chi connectivity index (χ3v) is 3.09. The van der Waals surface area contributed by atoms with Crippen molar-refractivity contribution in [2.45, 2.75) is 45.6 Å². The van der Waals surface area contributed by atoms with Crippen LogP contribution in [-0.2, 0) is 11.2 Å². The molecule has 0 saturated carbocycles. The third kappa shape index (κ3) is 6.12. The zero-order valence-electron chi connectivity index (χ0n) is 13.9. The summed E-state index contributed by atoms with van der Waals surface area (Å²) in [5.41, 5.74) is -0.240. The van der Waals surface area contributed by atoms with Gasteiger partial charge >= 0.3 is 0 Å². The smallest absolute Gasteiger partial charge is 0.228 e. The minimum Gasteiger partial charge on any atom is -0.377 e. The number of guanidine groups is 1. The predicted molar refractivity (Wildman–Crippen MR) is 82.5 cm³/mol. The molecule has 0 aromatic carbocycles. The van der Waals surface area contributed by atoms with E-state index in [9.17, 15) is 0 Å². The van der Waals surface area contributed by atoms with Gasteiger partial charge in [-0.15, -0.1) is 0 Å². The number of hydrogen-bond acceptors (Lipinski definition) is 5. The van der Waals surface area contributed by atoms with Crippen molar-refractivity contribution >= 4 is 5.96 Å². The fourth-order valence-electron chi connectivity index (χ4n) is 1.48. The highest BCUT2D eigenvalue weighted by Crippen LogP contribution is 2.09. The minimum atomic E-state index is -0.240. The molecule has 0 unspecified atom stereocenters. The lowest BCUT2D eigenvalue weighted by Gasteiger charge is -2.24. The second kappa shape index (κ2) is 7.97. The van der Waals surface area contributed by atoms with E-state index < -0.39 is 0 Å². The molecule has 1 rings (SSSR count). The van der Waals surface area contributed by atoms with Crippen molar-refractivity contribution in [2.75, 3.05) is 27.2 Å². The number of nitrogens with one attached hydrogen (secondary N) is 2. The summed E-state index contributed by atoms with van der Waals surface area (Å²) < 4.78 is 10.5. The molecule has 7 nitrogen and oxygen atoms in total. The average molecular weight is 297 g/mol. The molecule has 21 heavy (non-hydrogen) atoms. The average Bonchev–Trinajstić information content (AvgIpc) is 2.91. The first kappa shape index (κ1) is 17.4. The molecule has 0 fully saturated rings. The van der Waals surface area contributed by atoms with Gasteiger partial charge in [-0.25, -0.2) is 0 Å². The fourth-order valence-corrected chi connectivity index (χ4v) is 1.48. The maximum Gasteiger partial charge on any atom is 0.228 e. The Morgan fingerprint density at radius 3 is 2.62 bits per heavy atom. The summed E-state index contributed by atoms with van der Waals surface area (Å²) in [5, 5.41) is 10.4. The van der Waals surface area contributed by atoms with Gasteiger partial charge in [-0.2, -0.15) is 4.98 Å². The molecule has 0 aliphatic rings. The van der Waals surface area contributed by atoms with Crippen LogP contribution in [0.1, 0.15) is 45.3 Å². The Kier molecular flexibility index (Phi) is 6.61. The largest absolute Gasteiger partial charge is 0.377 e. The normalized spacial score (nSPS) is 12.8. The topological polar surface area (TPSA) is 84.6 Å². The van der Waals surface area contributed by atoms with Gasteiger partial charge in [0.15, 0.2) is 11.8 Å². The van der Waals surface area contributed by atoms with Crippen LogP contribution in [0.15, 0.2) is 9.52 Å². The third-order valence-electron chi connectivity index (χ3n) is 3.09. The Hall–Kier alpha value is -1.63. The van der Waals surface area contributed by atoms with E-state index in [2.05, 4.69) is 25.8 Å². The summed E-state index contributed by atoms with van der Waals surface area (Å²) in [4.78, 5) is 8.50. The maximum atomic E-state index is 5.35. The van der Waals surface area contributed by atoms with Crippen molar-refractivity contribution in [1.82, 2.24) is 20.8 Å². The molecule has 7 heteroatoms. The van der Waals surface area contributed by atoms with Gasteiger partial charge in [0.05, 0.1) is 5.60 Å². The molecule has 1 aromatic heterocycles. The molecule has 1 heterocycles. The fraction of sp³-hybridized carbons (Fsp3) is 0.786. The Bertz CT molecular complexity index is 454. The molecular formula is C14H27N5O2. The predicted octanol–water partition coefficient (Wildman–Crippen LogP) is 1.33. The van der Waals surface area contributed by atoms with Gasteiger partial charge in [0.1, 0.15) is 0 Å². The second-order valence-corrected chi connectivity index (χ2v) is 5.77. The minimum absolute atomic E-state index is 0.240. The van der Waals surface area contributed by atoms with Crippen LogP contribution in [-0.4, -0.2) is 48.9 Å². The van der Waals surface area contributed by atoms with Gasteiger partial charge in [0.25, 0.3) is 0 Å².